The summed E-state index contributed by atoms with van der Waals surface area (Å²) in [6, 6.07) is 3.52. The summed E-state index contributed by atoms with van der Waals surface area (Å²) >= 11 is 0. The molecule has 3 N–H and O–H groups in total. The second kappa shape index (κ2) is 4.34. The van der Waals surface area contributed by atoms with Crippen molar-refractivity contribution in [3.05, 3.63) is 22.2 Å². The Morgan fingerprint density at radius 3 is 2.95 bits per heavy atom. The van der Waals surface area contributed by atoms with Crippen LogP contribution in [0.2, 0.25) is 0 Å². The molecule has 3 heterocycles. The quantitative estimate of drug-likeness (QED) is 0.599. The zero-order valence-corrected chi connectivity index (χ0v) is 10.7. The summed E-state index contributed by atoms with van der Waals surface area (Å²) in [7, 11) is 0. The van der Waals surface area contributed by atoms with Crippen molar-refractivity contribution in [1.29, 1.82) is 0 Å². The van der Waals surface area contributed by atoms with Crippen molar-refractivity contribution in [3.63, 3.8) is 0 Å². The van der Waals surface area contributed by atoms with Gasteiger partial charge in [0.2, 0.25) is 5.82 Å². The summed E-state index contributed by atoms with van der Waals surface area (Å²) in [5, 5.41) is 14.1. The van der Waals surface area contributed by atoms with Gasteiger partial charge in [-0.25, -0.2) is 4.98 Å². The second-order valence-electron chi connectivity index (χ2n) is 5.31. The van der Waals surface area contributed by atoms with E-state index in [1.807, 2.05) is 0 Å². The largest absolute Gasteiger partial charge is 0.378 e. The Kier molecular flexibility index (Phi) is 2.78. The lowest BCUT2D eigenvalue weighted by Crippen LogP contribution is -2.33. The number of nitro groups is 1. The molecule has 0 radical (unpaired) electrons. The number of fused-ring (bicyclic) bond motifs is 1. The molecular weight excluding hydrogens is 246 g/mol. The maximum Gasteiger partial charge on any atom is 0.311 e. The highest BCUT2D eigenvalue weighted by Crippen LogP contribution is 2.36. The molecule has 1 aromatic rings. The van der Waals surface area contributed by atoms with Crippen molar-refractivity contribution in [3.8, 4) is 0 Å². The number of nitrogens with zero attached hydrogens (tertiary/aromatic N) is 3. The minimum atomic E-state index is -0.502. The average Bonchev–Trinajstić information content (AvgIpc) is 2.92. The standard InChI is InChI=1S/C12H17N5O2/c1-7-9-5-14-4-8(9)6-16(7)11-3-2-10(17(18)19)12(13)15-11/h2-3,7-9,14H,4-6H2,1H3,(H2,13,15). The number of nitrogen functional groups attached to an aromatic ring is 1. The first-order valence-corrected chi connectivity index (χ1v) is 6.46. The van der Waals surface area contributed by atoms with Crippen LogP contribution in [0.1, 0.15) is 6.92 Å². The fraction of sp³-hybridized carbons (Fsp3) is 0.583. The molecule has 0 amide bonds. The highest BCUT2D eigenvalue weighted by atomic mass is 16.6. The van der Waals surface area contributed by atoms with E-state index in [9.17, 15) is 10.1 Å². The van der Waals surface area contributed by atoms with E-state index >= 15 is 0 Å². The molecule has 0 spiro atoms. The Balaban J connectivity index is 1.87. The van der Waals surface area contributed by atoms with Gasteiger partial charge in [0.15, 0.2) is 0 Å². The molecule has 7 heteroatoms. The van der Waals surface area contributed by atoms with Crippen LogP contribution in [0.15, 0.2) is 12.1 Å². The highest BCUT2D eigenvalue weighted by Gasteiger charge is 2.42. The molecule has 3 unspecified atom stereocenters. The van der Waals surface area contributed by atoms with Crippen LogP contribution in [0.3, 0.4) is 0 Å². The Labute approximate surface area is 110 Å². The molecular formula is C12H17N5O2. The molecule has 3 atom stereocenters. The van der Waals surface area contributed by atoms with E-state index < -0.39 is 4.92 Å². The van der Waals surface area contributed by atoms with Gasteiger partial charge < -0.3 is 16.0 Å². The van der Waals surface area contributed by atoms with Crippen LogP contribution in [0, 0.1) is 22.0 Å². The molecule has 0 aromatic carbocycles. The summed E-state index contributed by atoms with van der Waals surface area (Å²) in [6.07, 6.45) is 0. The van der Waals surface area contributed by atoms with Gasteiger partial charge in [-0.3, -0.25) is 10.1 Å². The summed E-state index contributed by atoms with van der Waals surface area (Å²) in [6.45, 7) is 5.18. The number of hydrogen-bond acceptors (Lipinski definition) is 6. The van der Waals surface area contributed by atoms with Gasteiger partial charge in [0.25, 0.3) is 0 Å². The Morgan fingerprint density at radius 1 is 1.53 bits per heavy atom. The molecule has 1 aromatic heterocycles. The smallest absolute Gasteiger partial charge is 0.311 e. The first-order valence-electron chi connectivity index (χ1n) is 6.46. The van der Waals surface area contributed by atoms with Gasteiger partial charge in [0.05, 0.1) is 4.92 Å². The van der Waals surface area contributed by atoms with Gasteiger partial charge in [0, 0.05) is 31.7 Å². The predicted octanol–water partition coefficient (Wildman–Crippen LogP) is 0.616. The fourth-order valence-electron chi connectivity index (χ4n) is 3.24. The summed E-state index contributed by atoms with van der Waals surface area (Å²) < 4.78 is 0. The summed E-state index contributed by atoms with van der Waals surface area (Å²) in [5.41, 5.74) is 5.53. The molecule has 0 bridgehead atoms. The number of anilines is 2. The normalized spacial score (nSPS) is 29.5. The van der Waals surface area contributed by atoms with Crippen molar-refractivity contribution in [1.82, 2.24) is 10.3 Å². The van der Waals surface area contributed by atoms with Crippen LogP contribution in [-0.2, 0) is 0 Å². The SMILES string of the molecule is CC1C2CNCC2CN1c1ccc([N+](=O)[O-])c(N)n1. The Hall–Kier alpha value is -1.89. The van der Waals surface area contributed by atoms with E-state index in [2.05, 4.69) is 22.1 Å². The van der Waals surface area contributed by atoms with Gasteiger partial charge in [0.1, 0.15) is 5.82 Å². The van der Waals surface area contributed by atoms with Crippen LogP contribution in [0.5, 0.6) is 0 Å². The van der Waals surface area contributed by atoms with E-state index in [1.54, 1.807) is 6.07 Å². The maximum atomic E-state index is 10.7. The van der Waals surface area contributed by atoms with Gasteiger partial charge in [-0.2, -0.15) is 0 Å². The molecule has 102 valence electrons. The van der Waals surface area contributed by atoms with E-state index in [1.165, 1.54) is 6.07 Å². The van der Waals surface area contributed by atoms with Gasteiger partial charge in [-0.05, 0) is 24.8 Å². The third-order valence-corrected chi connectivity index (χ3v) is 4.31. The number of aromatic nitrogens is 1. The van der Waals surface area contributed by atoms with Gasteiger partial charge in [-0.1, -0.05) is 0 Å². The van der Waals surface area contributed by atoms with E-state index in [4.69, 9.17) is 5.73 Å². The van der Waals surface area contributed by atoms with Crippen LogP contribution in [0.4, 0.5) is 17.3 Å². The monoisotopic (exact) mass is 263 g/mol. The number of pyridine rings is 1. The first kappa shape index (κ1) is 12.2. The molecule has 2 fully saturated rings. The third-order valence-electron chi connectivity index (χ3n) is 4.31. The molecule has 2 aliphatic heterocycles. The lowest BCUT2D eigenvalue weighted by atomic mass is 9.95. The minimum Gasteiger partial charge on any atom is -0.378 e. The lowest BCUT2D eigenvalue weighted by Gasteiger charge is -2.25. The van der Waals surface area contributed by atoms with Crippen molar-refractivity contribution in [2.75, 3.05) is 30.3 Å². The predicted molar refractivity (Wildman–Crippen MR) is 72.0 cm³/mol. The van der Waals surface area contributed by atoms with Crippen LogP contribution in [-0.4, -0.2) is 35.6 Å². The fourth-order valence-corrected chi connectivity index (χ4v) is 3.24. The van der Waals surface area contributed by atoms with E-state index in [0.29, 0.717) is 17.9 Å². The summed E-state index contributed by atoms with van der Waals surface area (Å²) in [5.74, 6) is 1.99. The third kappa shape index (κ3) is 1.90. The summed E-state index contributed by atoms with van der Waals surface area (Å²) in [4.78, 5) is 16.6. The number of rotatable bonds is 2. The highest BCUT2D eigenvalue weighted by molar-refractivity contribution is 5.58. The van der Waals surface area contributed by atoms with Crippen molar-refractivity contribution < 1.29 is 4.92 Å². The Morgan fingerprint density at radius 2 is 2.32 bits per heavy atom. The lowest BCUT2D eigenvalue weighted by molar-refractivity contribution is -0.384. The molecule has 2 aliphatic rings. The van der Waals surface area contributed by atoms with Gasteiger partial charge in [-0.15, -0.1) is 0 Å². The zero-order chi connectivity index (χ0) is 13.6. The minimum absolute atomic E-state index is 0.00937. The number of nitrogens with two attached hydrogens (primary N) is 1. The number of hydrogen-bond donors (Lipinski definition) is 2. The van der Waals surface area contributed by atoms with Crippen LogP contribution in [0.25, 0.3) is 0 Å². The van der Waals surface area contributed by atoms with E-state index in [-0.39, 0.29) is 11.5 Å². The molecule has 0 saturated carbocycles. The molecule has 0 aliphatic carbocycles. The number of nitrogens with one attached hydrogen (secondary N) is 1. The molecule has 19 heavy (non-hydrogen) atoms. The van der Waals surface area contributed by atoms with Crippen LogP contribution < -0.4 is 16.0 Å². The second-order valence-corrected chi connectivity index (χ2v) is 5.31. The Bertz CT molecular complexity index is 521. The molecule has 2 saturated heterocycles. The first-order chi connectivity index (χ1) is 9.08. The van der Waals surface area contributed by atoms with Crippen molar-refractivity contribution in [2.24, 2.45) is 11.8 Å². The zero-order valence-electron chi connectivity index (χ0n) is 10.7. The molecule has 7 nitrogen and oxygen atoms in total. The molecule has 3 rings (SSSR count). The average molecular weight is 263 g/mol. The van der Waals surface area contributed by atoms with Crippen LogP contribution >= 0.6 is 0 Å². The topological polar surface area (TPSA) is 97.3 Å². The van der Waals surface area contributed by atoms with Crippen molar-refractivity contribution >= 4 is 17.3 Å². The maximum absolute atomic E-state index is 10.7. The van der Waals surface area contributed by atoms with Gasteiger partial charge >= 0.3 is 5.69 Å². The van der Waals surface area contributed by atoms with Crippen molar-refractivity contribution in [2.45, 2.75) is 13.0 Å². The van der Waals surface area contributed by atoms with E-state index in [0.717, 1.165) is 25.5 Å².